The average Bonchev–Trinajstić information content (AvgIpc) is 3.25. The molecule has 0 saturated carbocycles. The highest BCUT2D eigenvalue weighted by molar-refractivity contribution is 5.98. The Labute approximate surface area is 182 Å². The number of nitrogens with zero attached hydrogens (tertiary/aromatic N) is 3. The zero-order chi connectivity index (χ0) is 21.8. The minimum absolute atomic E-state index is 0.00669. The minimum atomic E-state index is -0.117. The summed E-state index contributed by atoms with van der Waals surface area (Å²) in [6.45, 7) is 4.97. The molecule has 2 aromatic rings. The second-order valence-corrected chi connectivity index (χ2v) is 7.69. The van der Waals surface area contributed by atoms with Gasteiger partial charge in [0.2, 0.25) is 0 Å². The van der Waals surface area contributed by atoms with Gasteiger partial charge in [-0.2, -0.15) is 0 Å². The van der Waals surface area contributed by atoms with E-state index in [9.17, 15) is 9.59 Å². The number of piperazine rings is 1. The van der Waals surface area contributed by atoms with Crippen LogP contribution in [0.5, 0.6) is 11.5 Å². The molecule has 1 N–H and O–H groups in total. The molecule has 0 unspecified atom stereocenters. The summed E-state index contributed by atoms with van der Waals surface area (Å²) in [5.41, 5.74) is 2.52. The van der Waals surface area contributed by atoms with Crippen LogP contribution in [0, 0.1) is 0 Å². The van der Waals surface area contributed by atoms with Crippen molar-refractivity contribution in [2.75, 3.05) is 58.4 Å². The van der Waals surface area contributed by atoms with Crippen LogP contribution >= 0.6 is 0 Å². The van der Waals surface area contributed by atoms with Crippen molar-refractivity contribution < 1.29 is 19.1 Å². The van der Waals surface area contributed by atoms with E-state index in [1.54, 1.807) is 19.1 Å². The van der Waals surface area contributed by atoms with E-state index < -0.39 is 0 Å². The van der Waals surface area contributed by atoms with Crippen LogP contribution in [0.1, 0.15) is 15.9 Å². The van der Waals surface area contributed by atoms with Crippen LogP contribution in [0.15, 0.2) is 42.5 Å². The highest BCUT2D eigenvalue weighted by Gasteiger charge is 2.25. The van der Waals surface area contributed by atoms with E-state index >= 15 is 0 Å². The van der Waals surface area contributed by atoms with Crippen LogP contribution in [0.25, 0.3) is 0 Å². The summed E-state index contributed by atoms with van der Waals surface area (Å²) in [5.74, 6) is 1.45. The number of carbonyl (C=O) groups excluding carboxylic acids is 2. The quantitative estimate of drug-likeness (QED) is 0.770. The molecule has 0 bridgehead atoms. The Hall–Kier alpha value is -3.26. The van der Waals surface area contributed by atoms with Gasteiger partial charge < -0.3 is 19.7 Å². The molecule has 2 heterocycles. The van der Waals surface area contributed by atoms with E-state index in [-0.39, 0.29) is 11.9 Å². The summed E-state index contributed by atoms with van der Waals surface area (Å²) < 4.78 is 10.7. The number of methoxy groups -OCH3 is 2. The number of benzene rings is 2. The van der Waals surface area contributed by atoms with Crippen molar-refractivity contribution in [1.29, 1.82) is 0 Å². The van der Waals surface area contributed by atoms with Crippen LogP contribution in [0.2, 0.25) is 0 Å². The monoisotopic (exact) mass is 424 g/mol. The third-order valence-corrected chi connectivity index (χ3v) is 5.78. The lowest BCUT2D eigenvalue weighted by atomic mass is 10.1. The molecular weight excluding hydrogens is 396 g/mol. The fourth-order valence-electron chi connectivity index (χ4n) is 4.05. The fraction of sp³-hybridized carbons (Fsp3) is 0.391. The Morgan fingerprint density at radius 1 is 0.968 bits per heavy atom. The molecule has 0 atom stereocenters. The highest BCUT2D eigenvalue weighted by atomic mass is 16.5. The van der Waals surface area contributed by atoms with Gasteiger partial charge in [0, 0.05) is 57.1 Å². The van der Waals surface area contributed by atoms with Crippen LogP contribution < -0.4 is 19.7 Å². The SMILES string of the molecule is COc1ccc(CN2CCN(C(=O)c3cccc(N4CCNC4=O)c3)CC2)cc1OC. The van der Waals surface area contributed by atoms with Crippen LogP contribution in [0.3, 0.4) is 0 Å². The molecule has 2 aromatic carbocycles. The molecule has 164 valence electrons. The molecule has 8 heteroatoms. The van der Waals surface area contributed by atoms with Gasteiger partial charge in [-0.3, -0.25) is 14.6 Å². The maximum atomic E-state index is 13.0. The number of nitrogens with one attached hydrogen (secondary N) is 1. The molecule has 2 saturated heterocycles. The second kappa shape index (κ2) is 9.26. The van der Waals surface area contributed by atoms with Gasteiger partial charge in [0.1, 0.15) is 0 Å². The van der Waals surface area contributed by atoms with E-state index in [0.29, 0.717) is 31.7 Å². The molecular formula is C23H28N4O4. The average molecular weight is 425 g/mol. The van der Waals surface area contributed by atoms with Crippen molar-refractivity contribution in [1.82, 2.24) is 15.1 Å². The van der Waals surface area contributed by atoms with Gasteiger partial charge in [-0.25, -0.2) is 4.79 Å². The number of ether oxygens (including phenoxy) is 2. The molecule has 2 aliphatic heterocycles. The van der Waals surface area contributed by atoms with Crippen LogP contribution in [-0.2, 0) is 6.54 Å². The van der Waals surface area contributed by atoms with Crippen molar-refractivity contribution >= 4 is 17.6 Å². The zero-order valence-electron chi connectivity index (χ0n) is 18.0. The number of urea groups is 1. The third kappa shape index (κ3) is 4.59. The first kappa shape index (κ1) is 21.0. The van der Waals surface area contributed by atoms with Crippen LogP contribution in [0.4, 0.5) is 10.5 Å². The molecule has 0 radical (unpaired) electrons. The predicted molar refractivity (Wildman–Crippen MR) is 118 cm³/mol. The lowest BCUT2D eigenvalue weighted by Crippen LogP contribution is -2.48. The number of carbonyl (C=O) groups is 2. The molecule has 0 aliphatic carbocycles. The second-order valence-electron chi connectivity index (χ2n) is 7.69. The Morgan fingerprint density at radius 3 is 2.42 bits per heavy atom. The summed E-state index contributed by atoms with van der Waals surface area (Å²) >= 11 is 0. The molecule has 0 aromatic heterocycles. The largest absolute Gasteiger partial charge is 0.493 e. The smallest absolute Gasteiger partial charge is 0.321 e. The topological polar surface area (TPSA) is 74.4 Å². The van der Waals surface area contributed by atoms with E-state index in [0.717, 1.165) is 42.4 Å². The lowest BCUT2D eigenvalue weighted by molar-refractivity contribution is 0.0628. The zero-order valence-corrected chi connectivity index (χ0v) is 18.0. The number of rotatable bonds is 6. The Balaban J connectivity index is 1.36. The first-order chi connectivity index (χ1) is 15.1. The maximum Gasteiger partial charge on any atom is 0.321 e. The predicted octanol–water partition coefficient (Wildman–Crippen LogP) is 2.19. The normalized spacial score (nSPS) is 16.9. The van der Waals surface area contributed by atoms with E-state index in [4.69, 9.17) is 9.47 Å². The van der Waals surface area contributed by atoms with E-state index in [1.165, 1.54) is 0 Å². The number of hydrogen-bond acceptors (Lipinski definition) is 5. The number of hydrogen-bond donors (Lipinski definition) is 1. The van der Waals surface area contributed by atoms with Gasteiger partial charge in [-0.05, 0) is 35.9 Å². The van der Waals surface area contributed by atoms with E-state index in [1.807, 2.05) is 47.4 Å². The van der Waals surface area contributed by atoms with Gasteiger partial charge in [-0.1, -0.05) is 12.1 Å². The fourth-order valence-corrected chi connectivity index (χ4v) is 4.05. The highest BCUT2D eigenvalue weighted by Crippen LogP contribution is 2.28. The summed E-state index contributed by atoms with van der Waals surface area (Å²) in [6.07, 6.45) is 0. The molecule has 3 amide bonds. The van der Waals surface area contributed by atoms with Crippen molar-refractivity contribution in [3.8, 4) is 11.5 Å². The van der Waals surface area contributed by atoms with Gasteiger partial charge in [0.15, 0.2) is 11.5 Å². The summed E-state index contributed by atoms with van der Waals surface area (Å²) in [4.78, 5) is 30.8. The molecule has 4 rings (SSSR count). The Morgan fingerprint density at radius 2 is 1.74 bits per heavy atom. The first-order valence-corrected chi connectivity index (χ1v) is 10.5. The summed E-state index contributed by atoms with van der Waals surface area (Å²) in [5, 5.41) is 2.79. The summed E-state index contributed by atoms with van der Waals surface area (Å²) in [7, 11) is 3.26. The number of amides is 3. The number of anilines is 1. The standard InChI is InChI=1S/C23H28N4O4/c1-30-20-7-6-17(14-21(20)31-2)16-25-10-12-26(13-11-25)22(28)18-4-3-5-19(15-18)27-9-8-24-23(27)29/h3-7,14-15H,8-13,16H2,1-2H3,(H,24,29). The molecule has 2 aliphatic rings. The first-order valence-electron chi connectivity index (χ1n) is 10.5. The summed E-state index contributed by atoms with van der Waals surface area (Å²) in [6, 6.07) is 13.2. The van der Waals surface area contributed by atoms with Crippen LogP contribution in [-0.4, -0.2) is 75.2 Å². The molecule has 0 spiro atoms. The third-order valence-electron chi connectivity index (χ3n) is 5.78. The Kier molecular flexibility index (Phi) is 6.27. The van der Waals surface area contributed by atoms with Gasteiger partial charge in [0.05, 0.1) is 14.2 Å². The maximum absolute atomic E-state index is 13.0. The van der Waals surface area contributed by atoms with Crippen molar-refractivity contribution in [3.63, 3.8) is 0 Å². The van der Waals surface area contributed by atoms with Crippen molar-refractivity contribution in [2.24, 2.45) is 0 Å². The molecule has 2 fully saturated rings. The Bertz CT molecular complexity index is 956. The lowest BCUT2D eigenvalue weighted by Gasteiger charge is -2.35. The minimum Gasteiger partial charge on any atom is -0.493 e. The van der Waals surface area contributed by atoms with E-state index in [2.05, 4.69) is 10.2 Å². The molecule has 8 nitrogen and oxygen atoms in total. The molecule has 31 heavy (non-hydrogen) atoms. The van der Waals surface area contributed by atoms with Crippen molar-refractivity contribution in [2.45, 2.75) is 6.54 Å². The van der Waals surface area contributed by atoms with Gasteiger partial charge in [-0.15, -0.1) is 0 Å². The van der Waals surface area contributed by atoms with Gasteiger partial charge >= 0.3 is 6.03 Å². The van der Waals surface area contributed by atoms with Crippen molar-refractivity contribution in [3.05, 3.63) is 53.6 Å². The van der Waals surface area contributed by atoms with Gasteiger partial charge in [0.25, 0.3) is 5.91 Å².